The molecule has 3 rings (SSSR count). The molecule has 0 saturated carbocycles. The lowest BCUT2D eigenvalue weighted by Crippen LogP contribution is -2.38. The standard InChI is InChI=1S/C19H16O6S/c20-16-7-1-13(2-8-16)19(26(23,24)25,14-3-9-17(21)10-4-14)15-5-11-18(22)12-6-15/h1-12,20-22H,(H,23,24,25). The van der Waals surface area contributed by atoms with E-state index in [4.69, 9.17) is 0 Å². The van der Waals surface area contributed by atoms with Crippen LogP contribution in [0.25, 0.3) is 0 Å². The molecule has 6 nitrogen and oxygen atoms in total. The van der Waals surface area contributed by atoms with E-state index in [1.165, 1.54) is 72.8 Å². The van der Waals surface area contributed by atoms with Gasteiger partial charge in [-0.3, -0.25) is 4.55 Å². The Labute approximate surface area is 150 Å². The predicted octanol–water partition coefficient (Wildman–Crippen LogP) is 2.98. The Morgan fingerprint density at radius 3 is 0.962 bits per heavy atom. The van der Waals surface area contributed by atoms with Gasteiger partial charge in [0.1, 0.15) is 17.2 Å². The first-order chi connectivity index (χ1) is 12.2. The fourth-order valence-corrected chi connectivity index (χ4v) is 4.34. The molecule has 0 unspecified atom stereocenters. The molecule has 134 valence electrons. The van der Waals surface area contributed by atoms with Crippen molar-refractivity contribution < 1.29 is 28.3 Å². The summed E-state index contributed by atoms with van der Waals surface area (Å²) in [6.07, 6.45) is 0. The van der Waals surface area contributed by atoms with Crippen LogP contribution in [0.5, 0.6) is 17.2 Å². The van der Waals surface area contributed by atoms with E-state index in [9.17, 15) is 28.3 Å². The van der Waals surface area contributed by atoms with Crippen LogP contribution in [0.4, 0.5) is 0 Å². The molecule has 3 aromatic rings. The van der Waals surface area contributed by atoms with E-state index < -0.39 is 14.9 Å². The fourth-order valence-electron chi connectivity index (χ4n) is 3.04. The van der Waals surface area contributed by atoms with Gasteiger partial charge in [-0.15, -0.1) is 0 Å². The van der Waals surface area contributed by atoms with E-state index in [0.29, 0.717) is 0 Å². The normalized spacial score (nSPS) is 12.0. The number of hydrogen-bond acceptors (Lipinski definition) is 5. The van der Waals surface area contributed by atoms with Crippen molar-refractivity contribution in [3.63, 3.8) is 0 Å². The van der Waals surface area contributed by atoms with Gasteiger partial charge in [0.25, 0.3) is 10.1 Å². The second-order valence-electron chi connectivity index (χ2n) is 5.80. The first-order valence-electron chi connectivity index (χ1n) is 7.60. The van der Waals surface area contributed by atoms with Gasteiger partial charge >= 0.3 is 0 Å². The maximum Gasteiger partial charge on any atom is 0.283 e. The Balaban J connectivity index is 2.44. The largest absolute Gasteiger partial charge is 0.508 e. The third-order valence-corrected chi connectivity index (χ3v) is 5.69. The van der Waals surface area contributed by atoms with Gasteiger partial charge < -0.3 is 15.3 Å². The second kappa shape index (κ2) is 6.36. The van der Waals surface area contributed by atoms with Crippen LogP contribution in [0.3, 0.4) is 0 Å². The van der Waals surface area contributed by atoms with E-state index in [-0.39, 0.29) is 33.9 Å². The number of rotatable bonds is 4. The van der Waals surface area contributed by atoms with Crippen molar-refractivity contribution in [1.29, 1.82) is 0 Å². The van der Waals surface area contributed by atoms with Crippen molar-refractivity contribution in [2.24, 2.45) is 0 Å². The first-order valence-corrected chi connectivity index (χ1v) is 9.05. The monoisotopic (exact) mass is 372 g/mol. The average molecular weight is 372 g/mol. The smallest absolute Gasteiger partial charge is 0.283 e. The minimum absolute atomic E-state index is 0.0607. The van der Waals surface area contributed by atoms with Crippen molar-refractivity contribution >= 4 is 10.1 Å². The molecule has 0 fully saturated rings. The molecule has 26 heavy (non-hydrogen) atoms. The minimum atomic E-state index is -4.77. The van der Waals surface area contributed by atoms with Crippen LogP contribution in [0, 0.1) is 0 Å². The topological polar surface area (TPSA) is 115 Å². The summed E-state index contributed by atoms with van der Waals surface area (Å²) in [5, 5.41) is 28.7. The molecule has 0 radical (unpaired) electrons. The zero-order valence-corrected chi connectivity index (χ0v) is 14.3. The Kier molecular flexibility index (Phi) is 4.35. The van der Waals surface area contributed by atoms with Gasteiger partial charge in [-0.2, -0.15) is 8.42 Å². The van der Waals surface area contributed by atoms with E-state index in [1.807, 2.05) is 0 Å². The molecule has 4 N–H and O–H groups in total. The zero-order chi connectivity index (χ0) is 18.9. The number of hydrogen-bond donors (Lipinski definition) is 4. The summed E-state index contributed by atoms with van der Waals surface area (Å²) in [5.41, 5.74) is 0.567. The van der Waals surface area contributed by atoms with Crippen LogP contribution in [0.2, 0.25) is 0 Å². The van der Waals surface area contributed by atoms with Crippen LogP contribution in [0.1, 0.15) is 16.7 Å². The van der Waals surface area contributed by atoms with Crippen LogP contribution in [-0.2, 0) is 14.9 Å². The molecule has 0 aliphatic rings. The van der Waals surface area contributed by atoms with Gasteiger partial charge in [0.15, 0.2) is 4.75 Å². The summed E-state index contributed by atoms with van der Waals surface area (Å²) in [6, 6.07) is 16.2. The molecule has 0 aromatic heterocycles. The van der Waals surface area contributed by atoms with Crippen molar-refractivity contribution in [2.75, 3.05) is 0 Å². The summed E-state index contributed by atoms with van der Waals surface area (Å²) in [6.45, 7) is 0. The van der Waals surface area contributed by atoms with Gasteiger partial charge in [0.05, 0.1) is 0 Å². The SMILES string of the molecule is O=S(=O)(O)C(c1ccc(O)cc1)(c1ccc(O)cc1)c1ccc(O)cc1. The Morgan fingerprint density at radius 2 is 0.769 bits per heavy atom. The Bertz CT molecular complexity index is 896. The molecule has 0 spiro atoms. The second-order valence-corrected chi connectivity index (χ2v) is 7.36. The molecule has 0 amide bonds. The Hall–Kier alpha value is -3.03. The van der Waals surface area contributed by atoms with E-state index in [2.05, 4.69) is 0 Å². The molecule has 0 atom stereocenters. The van der Waals surface area contributed by atoms with Crippen LogP contribution in [0.15, 0.2) is 72.8 Å². The lowest BCUT2D eigenvalue weighted by Gasteiger charge is -2.32. The molecule has 3 aromatic carbocycles. The highest BCUT2D eigenvalue weighted by molar-refractivity contribution is 7.87. The van der Waals surface area contributed by atoms with E-state index >= 15 is 0 Å². The average Bonchev–Trinajstić information content (AvgIpc) is 2.59. The van der Waals surface area contributed by atoms with Crippen LogP contribution in [-0.4, -0.2) is 28.3 Å². The number of phenolic OH excluding ortho intramolecular Hbond substituents is 3. The zero-order valence-electron chi connectivity index (χ0n) is 13.4. The first kappa shape index (κ1) is 17.8. The summed E-state index contributed by atoms with van der Waals surface area (Å²) >= 11 is 0. The van der Waals surface area contributed by atoms with Crippen molar-refractivity contribution in [3.05, 3.63) is 89.5 Å². The third kappa shape index (κ3) is 2.87. The molecule has 0 aliphatic heterocycles. The van der Waals surface area contributed by atoms with E-state index in [1.54, 1.807) is 0 Å². The summed E-state index contributed by atoms with van der Waals surface area (Å²) in [5.74, 6) is -0.182. The Morgan fingerprint density at radius 1 is 0.538 bits per heavy atom. The van der Waals surface area contributed by atoms with Crippen LogP contribution < -0.4 is 0 Å². The molecule has 0 aliphatic carbocycles. The molecule has 0 bridgehead atoms. The maximum atomic E-state index is 12.7. The summed E-state index contributed by atoms with van der Waals surface area (Å²) in [7, 11) is -4.77. The van der Waals surface area contributed by atoms with Gasteiger partial charge in [-0.05, 0) is 53.1 Å². The van der Waals surface area contributed by atoms with Crippen molar-refractivity contribution in [2.45, 2.75) is 4.75 Å². The molecular weight excluding hydrogens is 356 g/mol. The highest BCUT2D eigenvalue weighted by Crippen LogP contribution is 2.44. The van der Waals surface area contributed by atoms with Gasteiger partial charge in [-0.1, -0.05) is 36.4 Å². The summed E-state index contributed by atoms with van der Waals surface area (Å²) in [4.78, 5) is 0. The third-order valence-electron chi connectivity index (χ3n) is 4.21. The highest BCUT2D eigenvalue weighted by atomic mass is 32.2. The van der Waals surface area contributed by atoms with E-state index in [0.717, 1.165) is 0 Å². The lowest BCUT2D eigenvalue weighted by molar-refractivity contribution is 0.455. The number of phenols is 3. The lowest BCUT2D eigenvalue weighted by atomic mass is 9.84. The van der Waals surface area contributed by atoms with Crippen molar-refractivity contribution in [1.82, 2.24) is 0 Å². The van der Waals surface area contributed by atoms with Gasteiger partial charge in [0.2, 0.25) is 0 Å². The fraction of sp³-hybridized carbons (Fsp3) is 0.0526. The molecular formula is C19H16O6S. The highest BCUT2D eigenvalue weighted by Gasteiger charge is 2.48. The van der Waals surface area contributed by atoms with Gasteiger partial charge in [-0.25, -0.2) is 0 Å². The maximum absolute atomic E-state index is 12.7. The predicted molar refractivity (Wildman–Crippen MR) is 95.8 cm³/mol. The molecule has 0 heterocycles. The van der Waals surface area contributed by atoms with Crippen LogP contribution >= 0.6 is 0 Å². The minimum Gasteiger partial charge on any atom is -0.508 e. The molecule has 7 heteroatoms. The number of aromatic hydroxyl groups is 3. The quantitative estimate of drug-likeness (QED) is 0.413. The summed E-state index contributed by atoms with van der Waals surface area (Å²) < 4.78 is 33.6. The number of benzene rings is 3. The molecule has 0 saturated heterocycles. The van der Waals surface area contributed by atoms with Crippen molar-refractivity contribution in [3.8, 4) is 17.2 Å². The van der Waals surface area contributed by atoms with Gasteiger partial charge in [0, 0.05) is 0 Å².